The van der Waals surface area contributed by atoms with Gasteiger partial charge in [-0.1, -0.05) is 24.3 Å². The molecular weight excluding hydrogens is 428 g/mol. The second kappa shape index (κ2) is 10.8. The van der Waals surface area contributed by atoms with Gasteiger partial charge in [-0.2, -0.15) is 0 Å². The number of nitrogens with zero attached hydrogens (tertiary/aromatic N) is 4. The van der Waals surface area contributed by atoms with Crippen molar-refractivity contribution in [3.8, 4) is 5.75 Å². The molecule has 8 heteroatoms. The molecule has 3 aromatic rings. The number of rotatable bonds is 8. The summed E-state index contributed by atoms with van der Waals surface area (Å²) in [6.45, 7) is 9.52. The fraction of sp³-hybridized carbons (Fsp3) is 0.423. The first-order chi connectivity index (χ1) is 16.4. The first-order valence-corrected chi connectivity index (χ1v) is 11.8. The highest BCUT2D eigenvalue weighted by Gasteiger charge is 2.32. The number of hydrogen-bond donors (Lipinski definition) is 2. The summed E-state index contributed by atoms with van der Waals surface area (Å²) >= 11 is 0. The minimum Gasteiger partial charge on any atom is -0.492 e. The first kappa shape index (κ1) is 23.9. The molecule has 34 heavy (non-hydrogen) atoms. The number of para-hydroxylation sites is 1. The number of fused-ring (bicyclic) bond motifs is 1. The number of amides is 1. The van der Waals surface area contributed by atoms with Gasteiger partial charge in [0.25, 0.3) is 0 Å². The van der Waals surface area contributed by atoms with Crippen molar-refractivity contribution in [2.75, 3.05) is 50.1 Å². The molecule has 0 spiro atoms. The molecule has 1 aliphatic heterocycles. The Kier molecular flexibility index (Phi) is 7.59. The van der Waals surface area contributed by atoms with Gasteiger partial charge in [0.15, 0.2) is 0 Å². The second-order valence-electron chi connectivity index (χ2n) is 9.01. The number of aromatic nitrogens is 2. The van der Waals surface area contributed by atoms with E-state index in [0.717, 1.165) is 53.5 Å². The molecule has 1 aliphatic rings. The highest BCUT2D eigenvalue weighted by Crippen LogP contribution is 2.24. The average molecular weight is 463 g/mol. The third-order valence-electron chi connectivity index (χ3n) is 6.17. The van der Waals surface area contributed by atoms with Crippen LogP contribution in [0, 0.1) is 6.92 Å². The summed E-state index contributed by atoms with van der Waals surface area (Å²) in [5.41, 5.74) is 2.74. The predicted octanol–water partition coefficient (Wildman–Crippen LogP) is 3.07. The Hall–Kier alpha value is -3.23. The summed E-state index contributed by atoms with van der Waals surface area (Å²) in [6.07, 6.45) is 1.88. The predicted molar refractivity (Wildman–Crippen MR) is 137 cm³/mol. The van der Waals surface area contributed by atoms with Crippen LogP contribution in [0.1, 0.15) is 19.4 Å². The van der Waals surface area contributed by atoms with Gasteiger partial charge in [-0.15, -0.1) is 0 Å². The molecule has 1 fully saturated rings. The molecule has 180 valence electrons. The van der Waals surface area contributed by atoms with Crippen LogP contribution in [-0.4, -0.2) is 72.7 Å². The van der Waals surface area contributed by atoms with Crippen LogP contribution in [0.15, 0.2) is 48.7 Å². The zero-order chi connectivity index (χ0) is 24.1. The summed E-state index contributed by atoms with van der Waals surface area (Å²) in [5.74, 6) is 1.47. The number of carbonyl (C=O) groups excluding carboxylic acids is 1. The van der Waals surface area contributed by atoms with Gasteiger partial charge >= 0.3 is 0 Å². The van der Waals surface area contributed by atoms with Crippen molar-refractivity contribution in [1.29, 1.82) is 0 Å². The summed E-state index contributed by atoms with van der Waals surface area (Å²) in [5, 5.41) is 7.16. The van der Waals surface area contributed by atoms with E-state index in [-0.39, 0.29) is 18.0 Å². The van der Waals surface area contributed by atoms with Gasteiger partial charge in [-0.05, 0) is 45.5 Å². The van der Waals surface area contributed by atoms with Gasteiger partial charge < -0.3 is 20.3 Å². The maximum atomic E-state index is 12.9. The van der Waals surface area contributed by atoms with E-state index in [4.69, 9.17) is 9.72 Å². The zero-order valence-electron chi connectivity index (χ0n) is 20.4. The van der Waals surface area contributed by atoms with Crippen molar-refractivity contribution in [2.24, 2.45) is 0 Å². The van der Waals surface area contributed by atoms with Crippen molar-refractivity contribution in [3.05, 3.63) is 54.2 Å². The molecule has 0 unspecified atom stereocenters. The number of anilines is 2. The molecule has 0 bridgehead atoms. The van der Waals surface area contributed by atoms with Crippen LogP contribution in [-0.2, 0) is 4.79 Å². The van der Waals surface area contributed by atoms with E-state index in [2.05, 4.69) is 39.3 Å². The van der Waals surface area contributed by atoms with E-state index in [1.165, 1.54) is 0 Å². The van der Waals surface area contributed by atoms with Gasteiger partial charge in [-0.3, -0.25) is 9.69 Å². The van der Waals surface area contributed by atoms with E-state index in [0.29, 0.717) is 13.2 Å². The van der Waals surface area contributed by atoms with E-state index in [1.54, 1.807) is 0 Å². The number of hydrogen-bond acceptors (Lipinski definition) is 7. The molecule has 8 nitrogen and oxygen atoms in total. The van der Waals surface area contributed by atoms with Gasteiger partial charge in [0.1, 0.15) is 12.4 Å². The zero-order valence-corrected chi connectivity index (χ0v) is 20.4. The number of ether oxygens (including phenoxy) is 1. The maximum Gasteiger partial charge on any atom is 0.238 e. The lowest BCUT2D eigenvalue weighted by molar-refractivity contribution is -0.117. The van der Waals surface area contributed by atoms with Crippen LogP contribution in [0.5, 0.6) is 5.75 Å². The Morgan fingerprint density at radius 2 is 1.91 bits per heavy atom. The van der Waals surface area contributed by atoms with E-state index in [1.807, 2.05) is 62.6 Å². The van der Waals surface area contributed by atoms with Crippen molar-refractivity contribution in [3.63, 3.8) is 0 Å². The van der Waals surface area contributed by atoms with E-state index >= 15 is 0 Å². The van der Waals surface area contributed by atoms with Crippen molar-refractivity contribution in [1.82, 2.24) is 20.2 Å². The molecule has 0 aliphatic carbocycles. The lowest BCUT2D eigenvalue weighted by atomic mass is 10.1. The Bertz CT molecular complexity index is 1130. The Labute approximate surface area is 201 Å². The summed E-state index contributed by atoms with van der Waals surface area (Å²) < 4.78 is 5.74. The monoisotopic (exact) mass is 462 g/mol. The van der Waals surface area contributed by atoms with E-state index in [9.17, 15) is 4.79 Å². The number of piperazine rings is 1. The van der Waals surface area contributed by atoms with Crippen LogP contribution in [0.25, 0.3) is 10.9 Å². The molecule has 4 rings (SSSR count). The molecule has 2 aromatic carbocycles. The summed E-state index contributed by atoms with van der Waals surface area (Å²) in [4.78, 5) is 26.7. The molecule has 2 heterocycles. The molecule has 2 N–H and O–H groups in total. The number of aryl methyl sites for hydroxylation is 1. The highest BCUT2D eigenvalue weighted by atomic mass is 16.5. The number of likely N-dealkylation sites (N-methyl/N-ethyl adjacent to an activating group) is 1. The number of nitrogens with one attached hydrogen (secondary N) is 2. The third-order valence-corrected chi connectivity index (χ3v) is 6.17. The number of benzene rings is 2. The smallest absolute Gasteiger partial charge is 0.238 e. The standard InChI is InChI=1S/C26H34N6O2/c1-18-9-10-22(34-12-11-27-4)13-24(18)29-25(33)17-31-15-19(2)32(20(3)16-31)26-28-14-21-7-5-6-8-23(21)30-26/h5-10,13-14,19-20,27H,11-12,15-17H2,1-4H3,(H,29,33)/t19-,20+. The van der Waals surface area contributed by atoms with Gasteiger partial charge in [0.05, 0.1) is 12.1 Å². The molecule has 0 radical (unpaired) electrons. The topological polar surface area (TPSA) is 82.6 Å². The van der Waals surface area contributed by atoms with Crippen molar-refractivity contribution >= 4 is 28.4 Å². The fourth-order valence-corrected chi connectivity index (χ4v) is 4.53. The van der Waals surface area contributed by atoms with Gasteiger partial charge in [-0.25, -0.2) is 9.97 Å². The summed E-state index contributed by atoms with van der Waals surface area (Å²) in [6, 6.07) is 14.2. The van der Waals surface area contributed by atoms with E-state index < -0.39 is 0 Å². The van der Waals surface area contributed by atoms with Gasteiger partial charge in [0.2, 0.25) is 11.9 Å². The SMILES string of the molecule is CNCCOc1ccc(C)c(NC(=O)CN2C[C@@H](C)N(c3ncc4ccccc4n3)[C@@H](C)C2)c1. The Balaban J connectivity index is 1.37. The molecule has 1 aromatic heterocycles. The largest absolute Gasteiger partial charge is 0.492 e. The Morgan fingerprint density at radius 3 is 2.68 bits per heavy atom. The van der Waals surface area contributed by atoms with Crippen LogP contribution in [0.4, 0.5) is 11.6 Å². The van der Waals surface area contributed by atoms with Crippen LogP contribution in [0.3, 0.4) is 0 Å². The quantitative estimate of drug-likeness (QED) is 0.498. The fourth-order valence-electron chi connectivity index (χ4n) is 4.53. The average Bonchev–Trinajstić information content (AvgIpc) is 2.81. The third kappa shape index (κ3) is 5.63. The highest BCUT2D eigenvalue weighted by molar-refractivity contribution is 5.93. The molecular formula is C26H34N6O2. The van der Waals surface area contributed by atoms with Crippen LogP contribution < -0.4 is 20.3 Å². The molecule has 1 amide bonds. The second-order valence-corrected chi connectivity index (χ2v) is 9.01. The summed E-state index contributed by atoms with van der Waals surface area (Å²) in [7, 11) is 1.89. The minimum atomic E-state index is -0.0229. The minimum absolute atomic E-state index is 0.0229. The lowest BCUT2D eigenvalue weighted by Crippen LogP contribution is -2.58. The molecule has 0 saturated carbocycles. The van der Waals surface area contributed by atoms with Crippen LogP contribution >= 0.6 is 0 Å². The molecule has 1 saturated heterocycles. The van der Waals surface area contributed by atoms with Crippen LogP contribution in [0.2, 0.25) is 0 Å². The lowest BCUT2D eigenvalue weighted by Gasteiger charge is -2.44. The van der Waals surface area contributed by atoms with Crippen molar-refractivity contribution in [2.45, 2.75) is 32.9 Å². The first-order valence-electron chi connectivity index (χ1n) is 11.8. The van der Waals surface area contributed by atoms with Crippen molar-refractivity contribution < 1.29 is 9.53 Å². The Morgan fingerprint density at radius 1 is 1.15 bits per heavy atom. The normalized spacial score (nSPS) is 18.8. The maximum absolute atomic E-state index is 12.9. The molecule has 2 atom stereocenters. The van der Waals surface area contributed by atoms with Gasteiger partial charge in [0, 0.05) is 55.1 Å². The number of carbonyl (C=O) groups is 1.